The Balaban J connectivity index is 0.00000226. The summed E-state index contributed by atoms with van der Waals surface area (Å²) in [6.07, 6.45) is -1.28. The third-order valence-corrected chi connectivity index (χ3v) is 7.56. The second kappa shape index (κ2) is 15.0. The summed E-state index contributed by atoms with van der Waals surface area (Å²) in [6, 6.07) is 14.7. The minimum Gasteiger partial charge on any atom is -0.376 e. The van der Waals surface area contributed by atoms with Crippen LogP contribution in [0.2, 0.25) is 0 Å². The number of carbonyl (C=O) groups is 2. The van der Waals surface area contributed by atoms with Gasteiger partial charge in [-0.2, -0.15) is 18.4 Å². The lowest BCUT2D eigenvalue weighted by Gasteiger charge is -2.33. The van der Waals surface area contributed by atoms with Crippen LogP contribution in [0.15, 0.2) is 54.7 Å². The van der Waals surface area contributed by atoms with Gasteiger partial charge in [-0.05, 0) is 61.3 Å². The Bertz CT molecular complexity index is 1520. The van der Waals surface area contributed by atoms with E-state index < -0.39 is 17.6 Å². The standard InChI is InChI=1S/C31H32F3N7O2.C2H6/c1-40-10-12-41(13-11-40)19-22-6-9-26(15-27(22)31(32,33)34)38-28(42)18-36-25-7-4-20(5-8-25)24-14-23(16-35)29(37-17-24)39-30(43)21-2-3-21;1-2/h4-9,14-15,17,21,36H,2-3,10-13,18-19H2,1H3,(H,38,42)(H,37,39,43);1-2H3. The molecule has 0 unspecified atom stereocenters. The molecule has 1 aromatic heterocycles. The topological polar surface area (TPSA) is 113 Å². The van der Waals surface area contributed by atoms with Crippen molar-refractivity contribution in [2.75, 3.05) is 55.7 Å². The Morgan fingerprint density at radius 1 is 0.956 bits per heavy atom. The van der Waals surface area contributed by atoms with Crippen molar-refractivity contribution < 1.29 is 22.8 Å². The van der Waals surface area contributed by atoms with Crippen LogP contribution in [0, 0.1) is 17.2 Å². The van der Waals surface area contributed by atoms with Crippen molar-refractivity contribution >= 4 is 29.0 Å². The summed E-state index contributed by atoms with van der Waals surface area (Å²) in [6.45, 7) is 7.05. The van der Waals surface area contributed by atoms with Gasteiger partial charge in [0.2, 0.25) is 11.8 Å². The van der Waals surface area contributed by atoms with Crippen LogP contribution in [0.1, 0.15) is 43.4 Å². The van der Waals surface area contributed by atoms with Gasteiger partial charge in [0.15, 0.2) is 5.82 Å². The molecule has 3 N–H and O–H groups in total. The number of nitriles is 1. The average Bonchev–Trinajstić information content (AvgIpc) is 3.89. The summed E-state index contributed by atoms with van der Waals surface area (Å²) in [7, 11) is 1.99. The fourth-order valence-electron chi connectivity index (χ4n) is 4.84. The number of carbonyl (C=O) groups excluding carboxylic acids is 2. The number of nitrogens with one attached hydrogen (secondary N) is 3. The molecule has 2 aliphatic rings. The Labute approximate surface area is 261 Å². The van der Waals surface area contributed by atoms with E-state index in [1.807, 2.05) is 25.8 Å². The molecule has 0 bridgehead atoms. The molecule has 1 saturated carbocycles. The fraction of sp³-hybridized carbons (Fsp3) is 0.394. The number of rotatable bonds is 9. The molecular weight excluding hydrogens is 583 g/mol. The summed E-state index contributed by atoms with van der Waals surface area (Å²) >= 11 is 0. The molecule has 5 rings (SSSR count). The molecule has 2 fully saturated rings. The molecule has 0 spiro atoms. The van der Waals surface area contributed by atoms with E-state index in [9.17, 15) is 28.0 Å². The Morgan fingerprint density at radius 2 is 1.62 bits per heavy atom. The number of alkyl halides is 3. The first-order chi connectivity index (χ1) is 21.6. The number of aromatic nitrogens is 1. The third kappa shape index (κ3) is 9.26. The van der Waals surface area contributed by atoms with Crippen molar-refractivity contribution in [3.8, 4) is 17.2 Å². The monoisotopic (exact) mass is 621 g/mol. The molecule has 1 aliphatic heterocycles. The van der Waals surface area contributed by atoms with Gasteiger partial charge in [0.05, 0.1) is 17.7 Å². The molecule has 9 nitrogen and oxygen atoms in total. The predicted molar refractivity (Wildman–Crippen MR) is 168 cm³/mol. The van der Waals surface area contributed by atoms with Gasteiger partial charge in [0, 0.05) is 61.8 Å². The van der Waals surface area contributed by atoms with Gasteiger partial charge in [0.1, 0.15) is 6.07 Å². The zero-order chi connectivity index (χ0) is 32.6. The molecule has 2 aromatic carbocycles. The van der Waals surface area contributed by atoms with Gasteiger partial charge in [0.25, 0.3) is 0 Å². The second-order valence-corrected chi connectivity index (χ2v) is 10.9. The normalized spacial score (nSPS) is 15.3. The zero-order valence-electron chi connectivity index (χ0n) is 25.7. The van der Waals surface area contributed by atoms with E-state index in [1.165, 1.54) is 12.1 Å². The number of benzene rings is 2. The molecule has 1 aliphatic carbocycles. The molecule has 45 heavy (non-hydrogen) atoms. The lowest BCUT2D eigenvalue weighted by atomic mass is 10.0. The van der Waals surface area contributed by atoms with E-state index in [0.29, 0.717) is 24.3 Å². The Hall–Kier alpha value is -4.47. The molecule has 3 aromatic rings. The van der Waals surface area contributed by atoms with E-state index in [4.69, 9.17) is 0 Å². The lowest BCUT2D eigenvalue weighted by Crippen LogP contribution is -2.44. The van der Waals surface area contributed by atoms with Gasteiger partial charge in [-0.3, -0.25) is 14.5 Å². The highest BCUT2D eigenvalue weighted by molar-refractivity contribution is 5.95. The van der Waals surface area contributed by atoms with Crippen LogP contribution < -0.4 is 16.0 Å². The molecule has 0 atom stereocenters. The molecule has 2 heterocycles. The first kappa shape index (κ1) is 33.4. The summed E-state index contributed by atoms with van der Waals surface area (Å²) in [5.41, 5.74) is 1.85. The number of hydrogen-bond acceptors (Lipinski definition) is 7. The number of anilines is 3. The third-order valence-electron chi connectivity index (χ3n) is 7.56. The largest absolute Gasteiger partial charge is 0.416 e. The molecule has 12 heteroatoms. The predicted octanol–water partition coefficient (Wildman–Crippen LogP) is 5.81. The van der Waals surface area contributed by atoms with E-state index >= 15 is 0 Å². The quantitative estimate of drug-likeness (QED) is 0.276. The van der Waals surface area contributed by atoms with Crippen molar-refractivity contribution in [1.82, 2.24) is 14.8 Å². The zero-order valence-corrected chi connectivity index (χ0v) is 25.7. The summed E-state index contributed by atoms with van der Waals surface area (Å²) in [4.78, 5) is 33.0. The van der Waals surface area contributed by atoms with Crippen LogP contribution in [0.4, 0.5) is 30.4 Å². The van der Waals surface area contributed by atoms with E-state index in [2.05, 4.69) is 31.9 Å². The van der Waals surface area contributed by atoms with Gasteiger partial charge in [-0.15, -0.1) is 0 Å². The Morgan fingerprint density at radius 3 is 2.24 bits per heavy atom. The number of piperazine rings is 1. The van der Waals surface area contributed by atoms with Gasteiger partial charge >= 0.3 is 6.18 Å². The first-order valence-electron chi connectivity index (χ1n) is 15.1. The highest BCUT2D eigenvalue weighted by Gasteiger charge is 2.34. The second-order valence-electron chi connectivity index (χ2n) is 10.9. The maximum atomic E-state index is 13.9. The number of likely N-dealkylation sites (N-methyl/N-ethyl adjacent to an activating group) is 1. The fourth-order valence-corrected chi connectivity index (χ4v) is 4.84. The van der Waals surface area contributed by atoms with E-state index in [0.717, 1.165) is 37.6 Å². The van der Waals surface area contributed by atoms with Crippen molar-refractivity contribution in [2.24, 2.45) is 5.92 Å². The van der Waals surface area contributed by atoms with Crippen molar-refractivity contribution in [1.29, 1.82) is 5.26 Å². The van der Waals surface area contributed by atoms with Crippen molar-refractivity contribution in [3.63, 3.8) is 0 Å². The van der Waals surface area contributed by atoms with Gasteiger partial charge < -0.3 is 20.9 Å². The number of hydrogen-bond donors (Lipinski definition) is 3. The SMILES string of the molecule is CC.CN1CCN(Cc2ccc(NC(=O)CNc3ccc(-c4cnc(NC(=O)C5CC5)c(C#N)c4)cc3)cc2C(F)(F)F)CC1. The van der Waals surface area contributed by atoms with Crippen LogP contribution in [0.3, 0.4) is 0 Å². The smallest absolute Gasteiger partial charge is 0.376 e. The maximum absolute atomic E-state index is 13.9. The number of pyridine rings is 1. The van der Waals surface area contributed by atoms with Gasteiger partial charge in [-0.25, -0.2) is 4.98 Å². The number of nitrogens with zero attached hydrogens (tertiary/aromatic N) is 4. The Kier molecular flexibility index (Phi) is 11.1. The van der Waals surface area contributed by atoms with Crippen LogP contribution >= 0.6 is 0 Å². The molecule has 2 amide bonds. The number of halogens is 3. The van der Waals surface area contributed by atoms with E-state index in [-0.39, 0.29) is 47.5 Å². The minimum absolute atomic E-state index is 0.00899. The average molecular weight is 622 g/mol. The molecule has 0 radical (unpaired) electrons. The van der Waals surface area contributed by atoms with Crippen molar-refractivity contribution in [3.05, 3.63) is 71.4 Å². The van der Waals surface area contributed by atoms with Crippen LogP contribution in [-0.2, 0) is 22.3 Å². The van der Waals surface area contributed by atoms with Gasteiger partial charge in [-0.1, -0.05) is 32.0 Å². The highest BCUT2D eigenvalue weighted by atomic mass is 19.4. The minimum atomic E-state index is -4.54. The highest BCUT2D eigenvalue weighted by Crippen LogP contribution is 2.35. The summed E-state index contributed by atoms with van der Waals surface area (Å²) in [5.74, 6) is -0.393. The van der Waals surface area contributed by atoms with Crippen LogP contribution in [0.25, 0.3) is 11.1 Å². The summed E-state index contributed by atoms with van der Waals surface area (Å²) in [5, 5.41) is 17.7. The van der Waals surface area contributed by atoms with Crippen LogP contribution in [-0.4, -0.2) is 66.4 Å². The van der Waals surface area contributed by atoms with Crippen molar-refractivity contribution in [2.45, 2.75) is 39.4 Å². The molecule has 1 saturated heterocycles. The molecule has 238 valence electrons. The summed E-state index contributed by atoms with van der Waals surface area (Å²) < 4.78 is 41.6. The lowest BCUT2D eigenvalue weighted by molar-refractivity contribution is -0.138. The first-order valence-corrected chi connectivity index (χ1v) is 15.1. The van der Waals surface area contributed by atoms with E-state index in [1.54, 1.807) is 36.5 Å². The maximum Gasteiger partial charge on any atom is 0.416 e. The number of amides is 2. The van der Waals surface area contributed by atoms with Crippen LogP contribution in [0.5, 0.6) is 0 Å². The molecular formula is C33H38F3N7O2.